The molecule has 0 radical (unpaired) electrons. The molecule has 4 rings (SSSR count). The number of anilines is 1. The molecule has 2 heterocycles. The number of rotatable bonds is 5. The van der Waals surface area contributed by atoms with Crippen molar-refractivity contribution in [1.29, 1.82) is 0 Å². The fraction of sp³-hybridized carbons (Fsp3) is 0.318. The van der Waals surface area contributed by atoms with Gasteiger partial charge in [-0.3, -0.25) is 14.7 Å². The molecule has 1 atom stereocenters. The molecule has 32 heavy (non-hydrogen) atoms. The van der Waals surface area contributed by atoms with Crippen LogP contribution in [0.3, 0.4) is 0 Å². The van der Waals surface area contributed by atoms with E-state index in [9.17, 15) is 18.0 Å². The molecule has 0 fully saturated rings. The number of hydrogen-bond acceptors (Lipinski definition) is 6. The van der Waals surface area contributed by atoms with Gasteiger partial charge in [-0.25, -0.2) is 4.99 Å². The van der Waals surface area contributed by atoms with Gasteiger partial charge in [0.05, 0.1) is 0 Å². The number of aliphatic imine (C=N–C) groups is 2. The van der Waals surface area contributed by atoms with Gasteiger partial charge in [-0.05, 0) is 41.8 Å². The van der Waals surface area contributed by atoms with Crippen LogP contribution >= 0.6 is 0 Å². The SMILES string of the molecule is CCC(=O)Nc1cccc(C2(c3ccc(OC(F)(F)F)cc3)N=C(N)N3CCCN=C32)c1. The van der Waals surface area contributed by atoms with Gasteiger partial charge in [-0.1, -0.05) is 31.2 Å². The number of fused-ring (bicyclic) bond motifs is 1. The number of ether oxygens (including phenoxy) is 1. The van der Waals surface area contributed by atoms with Crippen LogP contribution in [0.25, 0.3) is 0 Å². The maximum Gasteiger partial charge on any atom is 0.573 e. The van der Waals surface area contributed by atoms with E-state index in [4.69, 9.17) is 10.7 Å². The zero-order valence-electron chi connectivity index (χ0n) is 17.3. The Hall–Kier alpha value is -3.56. The van der Waals surface area contributed by atoms with Crippen molar-refractivity contribution in [3.8, 4) is 5.75 Å². The van der Waals surface area contributed by atoms with Crippen molar-refractivity contribution in [3.63, 3.8) is 0 Å². The zero-order valence-corrected chi connectivity index (χ0v) is 17.3. The number of nitrogens with one attached hydrogen (secondary N) is 1. The maximum absolute atomic E-state index is 12.6. The van der Waals surface area contributed by atoms with Crippen molar-refractivity contribution in [2.75, 3.05) is 18.4 Å². The second-order valence-electron chi connectivity index (χ2n) is 7.45. The Morgan fingerprint density at radius 3 is 2.66 bits per heavy atom. The number of nitrogens with zero attached hydrogens (tertiary/aromatic N) is 3. The molecular formula is C22H22F3N5O2. The Morgan fingerprint density at radius 1 is 1.22 bits per heavy atom. The highest BCUT2D eigenvalue weighted by atomic mass is 19.4. The minimum atomic E-state index is -4.79. The van der Waals surface area contributed by atoms with Gasteiger partial charge in [-0.15, -0.1) is 13.2 Å². The van der Waals surface area contributed by atoms with Crippen LogP contribution in [-0.4, -0.2) is 42.1 Å². The van der Waals surface area contributed by atoms with Gasteiger partial charge in [0.2, 0.25) is 5.91 Å². The minimum absolute atomic E-state index is 0.143. The number of alkyl halides is 3. The van der Waals surface area contributed by atoms with Crippen LogP contribution in [-0.2, 0) is 10.3 Å². The molecule has 2 aliphatic heterocycles. The average Bonchev–Trinajstić information content (AvgIpc) is 3.07. The van der Waals surface area contributed by atoms with Crippen molar-refractivity contribution >= 4 is 23.4 Å². The first kappa shape index (κ1) is 21.7. The largest absolute Gasteiger partial charge is 0.573 e. The second-order valence-corrected chi connectivity index (χ2v) is 7.45. The van der Waals surface area contributed by atoms with Crippen molar-refractivity contribution < 1.29 is 22.7 Å². The Kier molecular flexibility index (Phi) is 5.53. The molecule has 2 aromatic rings. The highest BCUT2D eigenvalue weighted by molar-refractivity contribution is 6.12. The van der Waals surface area contributed by atoms with E-state index in [0.717, 1.165) is 6.42 Å². The molecule has 0 saturated heterocycles. The van der Waals surface area contributed by atoms with E-state index in [2.05, 4.69) is 15.0 Å². The smallest absolute Gasteiger partial charge is 0.406 e. The first-order chi connectivity index (χ1) is 15.2. The molecule has 168 valence electrons. The quantitative estimate of drug-likeness (QED) is 0.736. The van der Waals surface area contributed by atoms with Crippen molar-refractivity contribution in [2.24, 2.45) is 15.7 Å². The molecule has 0 aliphatic carbocycles. The van der Waals surface area contributed by atoms with E-state index in [1.54, 1.807) is 25.1 Å². The lowest BCUT2D eigenvalue weighted by Crippen LogP contribution is -2.46. The van der Waals surface area contributed by atoms with Gasteiger partial charge in [-0.2, -0.15) is 0 Å². The predicted octanol–water partition coefficient (Wildman–Crippen LogP) is 3.61. The number of amidine groups is 1. The molecular weight excluding hydrogens is 423 g/mol. The molecule has 1 amide bonds. The van der Waals surface area contributed by atoms with Crippen LogP contribution in [0.4, 0.5) is 18.9 Å². The number of hydrogen-bond donors (Lipinski definition) is 2. The minimum Gasteiger partial charge on any atom is -0.406 e. The number of benzene rings is 2. The van der Waals surface area contributed by atoms with Crippen LogP contribution in [0, 0.1) is 0 Å². The van der Waals surface area contributed by atoms with E-state index in [1.165, 1.54) is 24.3 Å². The molecule has 1 unspecified atom stereocenters. The van der Waals surface area contributed by atoms with Crippen LogP contribution in [0.2, 0.25) is 0 Å². The summed E-state index contributed by atoms with van der Waals surface area (Å²) in [5.74, 6) is 0.403. The fourth-order valence-corrected chi connectivity index (χ4v) is 3.94. The van der Waals surface area contributed by atoms with Crippen LogP contribution in [0.15, 0.2) is 58.5 Å². The molecule has 0 spiro atoms. The number of nitrogens with two attached hydrogens (primary N) is 1. The third kappa shape index (κ3) is 4.00. The molecule has 2 aliphatic rings. The fourth-order valence-electron chi connectivity index (χ4n) is 3.94. The van der Waals surface area contributed by atoms with E-state index in [-0.39, 0.29) is 17.6 Å². The number of carbonyl (C=O) groups is 1. The van der Waals surface area contributed by atoms with Gasteiger partial charge in [0.25, 0.3) is 0 Å². The highest BCUT2D eigenvalue weighted by Gasteiger charge is 2.49. The average molecular weight is 445 g/mol. The molecule has 10 heteroatoms. The van der Waals surface area contributed by atoms with Gasteiger partial charge < -0.3 is 15.8 Å². The first-order valence-corrected chi connectivity index (χ1v) is 10.2. The summed E-state index contributed by atoms with van der Waals surface area (Å²) >= 11 is 0. The Balaban J connectivity index is 1.84. The van der Waals surface area contributed by atoms with Gasteiger partial charge in [0.1, 0.15) is 11.6 Å². The monoisotopic (exact) mass is 445 g/mol. The summed E-state index contributed by atoms with van der Waals surface area (Å²) in [5, 5.41) is 2.83. The summed E-state index contributed by atoms with van der Waals surface area (Å²) in [7, 11) is 0. The summed E-state index contributed by atoms with van der Waals surface area (Å²) < 4.78 is 41.9. The maximum atomic E-state index is 12.6. The van der Waals surface area contributed by atoms with E-state index < -0.39 is 11.9 Å². The van der Waals surface area contributed by atoms with Crippen LogP contribution < -0.4 is 15.8 Å². The van der Waals surface area contributed by atoms with E-state index in [0.29, 0.717) is 42.2 Å². The highest BCUT2D eigenvalue weighted by Crippen LogP contribution is 2.42. The normalized spacial score (nSPS) is 20.3. The molecule has 0 bridgehead atoms. The van der Waals surface area contributed by atoms with Crippen LogP contribution in [0.5, 0.6) is 5.75 Å². The van der Waals surface area contributed by atoms with Gasteiger partial charge >= 0.3 is 6.36 Å². The molecule has 7 nitrogen and oxygen atoms in total. The van der Waals surface area contributed by atoms with E-state index >= 15 is 0 Å². The number of guanidine groups is 1. The third-order valence-electron chi connectivity index (χ3n) is 5.33. The van der Waals surface area contributed by atoms with Crippen molar-refractivity contribution in [1.82, 2.24) is 4.90 Å². The lowest BCUT2D eigenvalue weighted by atomic mass is 9.81. The van der Waals surface area contributed by atoms with Crippen molar-refractivity contribution in [3.05, 3.63) is 59.7 Å². The summed E-state index contributed by atoms with van der Waals surface area (Å²) in [4.78, 5) is 23.2. The predicted molar refractivity (Wildman–Crippen MR) is 115 cm³/mol. The summed E-state index contributed by atoms with van der Waals surface area (Å²) in [6, 6.07) is 12.7. The van der Waals surface area contributed by atoms with Gasteiger partial charge in [0, 0.05) is 25.2 Å². The Morgan fingerprint density at radius 2 is 1.97 bits per heavy atom. The number of amides is 1. The molecule has 0 aromatic heterocycles. The zero-order chi connectivity index (χ0) is 22.9. The topological polar surface area (TPSA) is 92.3 Å². The molecule has 3 N–H and O–H groups in total. The summed E-state index contributed by atoms with van der Waals surface area (Å²) in [6.45, 7) is 2.97. The summed E-state index contributed by atoms with van der Waals surface area (Å²) in [5.41, 5.74) is 6.93. The van der Waals surface area contributed by atoms with Crippen molar-refractivity contribution in [2.45, 2.75) is 31.7 Å². The lowest BCUT2D eigenvalue weighted by Gasteiger charge is -2.33. The Labute approximate surface area is 182 Å². The third-order valence-corrected chi connectivity index (χ3v) is 5.33. The lowest BCUT2D eigenvalue weighted by molar-refractivity contribution is -0.274. The number of halogens is 3. The molecule has 0 saturated carbocycles. The standard InChI is InChI=1S/C22H22F3N5O2/c1-2-18(31)28-16-6-3-5-15(13-16)21(19-27-11-4-12-30(19)20(26)29-21)14-7-9-17(10-8-14)32-22(23,24)25/h3,5-10,13H,2,4,11-12H2,1H3,(H2,26,29)(H,28,31). The molecule has 2 aromatic carbocycles. The first-order valence-electron chi connectivity index (χ1n) is 10.2. The number of carbonyl (C=O) groups excluding carboxylic acids is 1. The van der Waals surface area contributed by atoms with Crippen LogP contribution in [0.1, 0.15) is 30.9 Å². The summed E-state index contributed by atoms with van der Waals surface area (Å²) in [6.07, 6.45) is -3.66. The second kappa shape index (κ2) is 8.18. The Bertz CT molecular complexity index is 1080. The van der Waals surface area contributed by atoms with E-state index in [1.807, 2.05) is 11.0 Å². The van der Waals surface area contributed by atoms with Gasteiger partial charge in [0.15, 0.2) is 11.5 Å².